The second-order valence-electron chi connectivity index (χ2n) is 3.16. The van der Waals surface area contributed by atoms with Crippen molar-refractivity contribution in [2.45, 2.75) is 6.42 Å². The van der Waals surface area contributed by atoms with Crippen LogP contribution in [0.3, 0.4) is 0 Å². The Labute approximate surface area is 87.8 Å². The molecule has 0 radical (unpaired) electrons. The fourth-order valence-electron chi connectivity index (χ4n) is 1.51. The van der Waals surface area contributed by atoms with E-state index < -0.39 is 0 Å². The first-order chi connectivity index (χ1) is 6.77. The van der Waals surface area contributed by atoms with Crippen LogP contribution in [-0.4, -0.2) is 9.97 Å². The zero-order valence-corrected chi connectivity index (χ0v) is 8.42. The van der Waals surface area contributed by atoms with E-state index in [1.165, 1.54) is 5.39 Å². The molecule has 70 valence electrons. The van der Waals surface area contributed by atoms with Gasteiger partial charge < -0.3 is 5.73 Å². The first kappa shape index (κ1) is 9.09. The maximum Gasteiger partial charge on any atom is 0.0772 e. The summed E-state index contributed by atoms with van der Waals surface area (Å²) >= 11 is 4.89. The number of rotatable bonds is 2. The Morgan fingerprint density at radius 3 is 2.86 bits per heavy atom. The maximum atomic E-state index is 5.52. The molecule has 0 saturated carbocycles. The number of hydrogen-bond acceptors (Lipinski definition) is 2. The lowest BCUT2D eigenvalue weighted by Crippen LogP contribution is -2.11. The summed E-state index contributed by atoms with van der Waals surface area (Å²) in [7, 11) is 0. The number of hydrogen-bond donors (Lipinski definition) is 1. The maximum absolute atomic E-state index is 5.52. The summed E-state index contributed by atoms with van der Waals surface area (Å²) in [4.78, 5) is 4.65. The van der Waals surface area contributed by atoms with E-state index in [0.717, 1.165) is 10.9 Å². The molecule has 14 heavy (non-hydrogen) atoms. The van der Waals surface area contributed by atoms with Crippen LogP contribution in [0.2, 0.25) is 0 Å². The molecule has 2 aromatic rings. The van der Waals surface area contributed by atoms with Crippen molar-refractivity contribution in [3.8, 4) is 0 Å². The topological polar surface area (TPSA) is 38.9 Å². The van der Waals surface area contributed by atoms with Gasteiger partial charge >= 0.3 is 0 Å². The number of nitrogens with zero attached hydrogens (tertiary/aromatic N) is 1. The third-order valence-corrected chi connectivity index (χ3v) is 2.26. The van der Waals surface area contributed by atoms with E-state index in [4.69, 9.17) is 18.0 Å². The molecule has 0 aliphatic carbocycles. The average molecular weight is 202 g/mol. The smallest absolute Gasteiger partial charge is 0.0772 e. The summed E-state index contributed by atoms with van der Waals surface area (Å²) in [6, 6.07) is 8.09. The van der Waals surface area contributed by atoms with Crippen LogP contribution in [0.15, 0.2) is 36.7 Å². The van der Waals surface area contributed by atoms with Crippen LogP contribution in [0.25, 0.3) is 10.8 Å². The number of fused-ring (bicyclic) bond motifs is 1. The molecule has 1 aromatic heterocycles. The number of aromatic nitrogens is 1. The SMILES string of the molecule is NC(=S)Cc1cncc2ccccc12. The first-order valence-electron chi connectivity index (χ1n) is 4.37. The van der Waals surface area contributed by atoms with Gasteiger partial charge in [0.15, 0.2) is 0 Å². The molecule has 0 atom stereocenters. The van der Waals surface area contributed by atoms with Gasteiger partial charge in [-0.1, -0.05) is 36.5 Å². The van der Waals surface area contributed by atoms with Gasteiger partial charge in [0, 0.05) is 24.2 Å². The minimum absolute atomic E-state index is 0.503. The fourth-order valence-corrected chi connectivity index (χ4v) is 1.66. The third-order valence-electron chi connectivity index (χ3n) is 2.12. The van der Waals surface area contributed by atoms with E-state index in [1.54, 1.807) is 0 Å². The Morgan fingerprint density at radius 1 is 1.29 bits per heavy atom. The van der Waals surface area contributed by atoms with Crippen LogP contribution in [0.1, 0.15) is 5.56 Å². The van der Waals surface area contributed by atoms with Gasteiger partial charge in [-0.15, -0.1) is 0 Å². The van der Waals surface area contributed by atoms with Crippen molar-refractivity contribution in [1.82, 2.24) is 4.98 Å². The van der Waals surface area contributed by atoms with Crippen molar-refractivity contribution >= 4 is 28.0 Å². The number of pyridine rings is 1. The predicted molar refractivity (Wildman–Crippen MR) is 62.2 cm³/mol. The molecule has 0 aliphatic rings. The Balaban J connectivity index is 2.59. The summed E-state index contributed by atoms with van der Waals surface area (Å²) < 4.78 is 0. The minimum atomic E-state index is 0.503. The lowest BCUT2D eigenvalue weighted by molar-refractivity contribution is 1.26. The van der Waals surface area contributed by atoms with Gasteiger partial charge in [-0.3, -0.25) is 4.98 Å². The molecule has 1 aromatic carbocycles. The van der Waals surface area contributed by atoms with Crippen LogP contribution < -0.4 is 5.73 Å². The average Bonchev–Trinajstić information content (AvgIpc) is 2.18. The molecular weight excluding hydrogens is 192 g/mol. The largest absolute Gasteiger partial charge is 0.393 e. The van der Waals surface area contributed by atoms with Crippen molar-refractivity contribution in [3.05, 3.63) is 42.2 Å². The zero-order chi connectivity index (χ0) is 9.97. The second kappa shape index (κ2) is 3.72. The van der Waals surface area contributed by atoms with Crippen LogP contribution in [-0.2, 0) is 6.42 Å². The molecular formula is C11H10N2S. The zero-order valence-electron chi connectivity index (χ0n) is 7.60. The van der Waals surface area contributed by atoms with Gasteiger partial charge in [0.1, 0.15) is 0 Å². The molecule has 0 aliphatic heterocycles. The Bertz CT molecular complexity index is 474. The lowest BCUT2D eigenvalue weighted by atomic mass is 10.1. The van der Waals surface area contributed by atoms with E-state index in [0.29, 0.717) is 11.4 Å². The van der Waals surface area contributed by atoms with Crippen LogP contribution in [0, 0.1) is 0 Å². The molecule has 2 N–H and O–H groups in total. The van der Waals surface area contributed by atoms with Gasteiger partial charge in [-0.25, -0.2) is 0 Å². The summed E-state index contributed by atoms with van der Waals surface area (Å²) in [5, 5.41) is 2.30. The molecule has 0 saturated heterocycles. The monoisotopic (exact) mass is 202 g/mol. The van der Waals surface area contributed by atoms with Crippen LogP contribution in [0.4, 0.5) is 0 Å². The predicted octanol–water partition coefficient (Wildman–Crippen LogP) is 2.06. The highest BCUT2D eigenvalue weighted by molar-refractivity contribution is 7.80. The molecule has 0 unspecified atom stereocenters. The third kappa shape index (κ3) is 1.72. The summed E-state index contributed by atoms with van der Waals surface area (Å²) in [6.45, 7) is 0. The van der Waals surface area contributed by atoms with Gasteiger partial charge in [0.25, 0.3) is 0 Å². The highest BCUT2D eigenvalue weighted by atomic mass is 32.1. The highest BCUT2D eigenvalue weighted by Gasteiger charge is 2.01. The number of benzene rings is 1. The van der Waals surface area contributed by atoms with Crippen molar-refractivity contribution < 1.29 is 0 Å². The summed E-state index contributed by atoms with van der Waals surface area (Å²) in [5.74, 6) is 0. The molecule has 0 amide bonds. The molecule has 3 heteroatoms. The molecule has 0 bridgehead atoms. The second-order valence-corrected chi connectivity index (χ2v) is 3.69. The first-order valence-corrected chi connectivity index (χ1v) is 4.78. The normalized spacial score (nSPS) is 10.3. The number of thiocarbonyl (C=S) groups is 1. The minimum Gasteiger partial charge on any atom is -0.393 e. The van der Waals surface area contributed by atoms with E-state index in [9.17, 15) is 0 Å². The molecule has 2 nitrogen and oxygen atoms in total. The highest BCUT2D eigenvalue weighted by Crippen LogP contribution is 2.17. The van der Waals surface area contributed by atoms with E-state index in [2.05, 4.69) is 11.1 Å². The standard InChI is InChI=1S/C11H10N2S/c12-11(14)5-9-7-13-6-8-3-1-2-4-10(8)9/h1-4,6-7H,5H2,(H2,12,14). The number of nitrogens with two attached hydrogens (primary N) is 1. The van der Waals surface area contributed by atoms with E-state index in [-0.39, 0.29) is 0 Å². The van der Waals surface area contributed by atoms with Crippen molar-refractivity contribution in [1.29, 1.82) is 0 Å². The molecule has 0 fully saturated rings. The van der Waals surface area contributed by atoms with Crippen LogP contribution in [0.5, 0.6) is 0 Å². The fraction of sp³-hybridized carbons (Fsp3) is 0.0909. The Kier molecular flexibility index (Phi) is 2.41. The summed E-state index contributed by atoms with van der Waals surface area (Å²) in [5.41, 5.74) is 6.61. The summed E-state index contributed by atoms with van der Waals surface area (Å²) in [6.07, 6.45) is 4.28. The van der Waals surface area contributed by atoms with Gasteiger partial charge in [-0.05, 0) is 10.9 Å². The van der Waals surface area contributed by atoms with Crippen LogP contribution >= 0.6 is 12.2 Å². The molecule has 2 rings (SSSR count). The van der Waals surface area contributed by atoms with Gasteiger partial charge in [0.2, 0.25) is 0 Å². The van der Waals surface area contributed by atoms with Crippen molar-refractivity contribution in [2.75, 3.05) is 0 Å². The quantitative estimate of drug-likeness (QED) is 0.758. The van der Waals surface area contributed by atoms with Gasteiger partial charge in [0.05, 0.1) is 4.99 Å². The van der Waals surface area contributed by atoms with Gasteiger partial charge in [-0.2, -0.15) is 0 Å². The van der Waals surface area contributed by atoms with Crippen molar-refractivity contribution in [2.24, 2.45) is 5.73 Å². The van der Waals surface area contributed by atoms with E-state index >= 15 is 0 Å². The molecule has 1 heterocycles. The lowest BCUT2D eigenvalue weighted by Gasteiger charge is -2.03. The molecule has 0 spiro atoms. The Hall–Kier alpha value is -1.48. The van der Waals surface area contributed by atoms with Crippen molar-refractivity contribution in [3.63, 3.8) is 0 Å². The van der Waals surface area contributed by atoms with E-state index in [1.807, 2.05) is 30.6 Å². The Morgan fingerprint density at radius 2 is 2.07 bits per heavy atom.